The van der Waals surface area contributed by atoms with Crippen LogP contribution in [-0.4, -0.2) is 5.78 Å². The highest BCUT2D eigenvalue weighted by molar-refractivity contribution is 6.01. The predicted molar refractivity (Wildman–Crippen MR) is 143 cm³/mol. The van der Waals surface area contributed by atoms with Gasteiger partial charge < -0.3 is 0 Å². The van der Waals surface area contributed by atoms with Gasteiger partial charge in [-0.3, -0.25) is 4.79 Å². The maximum absolute atomic E-state index is 13.5. The van der Waals surface area contributed by atoms with Gasteiger partial charge in [-0.2, -0.15) is 0 Å². The molecule has 5 rings (SSSR count). The number of hydrogen-bond acceptors (Lipinski definition) is 1. The molecule has 190 valence electrons. The Bertz CT molecular complexity index is 950. The summed E-state index contributed by atoms with van der Waals surface area (Å²) in [7, 11) is 0. The van der Waals surface area contributed by atoms with Crippen molar-refractivity contribution in [1.29, 1.82) is 0 Å². The number of rotatable bonds is 2. The summed E-state index contributed by atoms with van der Waals surface area (Å²) in [6, 6.07) is 0. The van der Waals surface area contributed by atoms with Crippen molar-refractivity contribution in [2.75, 3.05) is 0 Å². The molecule has 1 nitrogen and oxygen atoms in total. The summed E-state index contributed by atoms with van der Waals surface area (Å²) < 4.78 is 0. The molecular formula is C33H52O. The summed E-state index contributed by atoms with van der Waals surface area (Å²) in [6.07, 6.45) is 11.3. The number of Topliss-reactive ketones (excluding diaryl/α,β-unsaturated/α-hetero) is 1. The molecule has 0 saturated heterocycles. The maximum Gasteiger partial charge on any atom is 0.160 e. The molecule has 1 heteroatoms. The topological polar surface area (TPSA) is 17.1 Å². The third kappa shape index (κ3) is 2.77. The molecule has 0 radical (unpaired) electrons. The van der Waals surface area contributed by atoms with E-state index in [1.807, 2.05) is 0 Å². The largest absolute Gasteiger partial charge is 0.294 e. The van der Waals surface area contributed by atoms with Gasteiger partial charge in [0.25, 0.3) is 0 Å². The fraction of sp³-hybridized carbons (Fsp3) is 0.848. The predicted octanol–water partition coefficient (Wildman–Crippen LogP) is 9.18. The molecule has 5 aliphatic carbocycles. The summed E-state index contributed by atoms with van der Waals surface area (Å²) in [6.45, 7) is 27.0. The summed E-state index contributed by atoms with van der Waals surface area (Å²) in [5, 5.41) is 0. The monoisotopic (exact) mass is 464 g/mol. The highest BCUT2D eigenvalue weighted by Gasteiger charge is 2.69. The van der Waals surface area contributed by atoms with Gasteiger partial charge in [-0.25, -0.2) is 0 Å². The number of carbonyl (C=O) groups is 1. The molecule has 0 aromatic heterocycles. The molecule has 0 spiro atoms. The Labute approximate surface area is 210 Å². The first kappa shape index (κ1) is 24.8. The quantitative estimate of drug-likeness (QED) is 0.372. The molecule has 0 aromatic carbocycles. The van der Waals surface area contributed by atoms with E-state index in [-0.39, 0.29) is 10.8 Å². The Morgan fingerprint density at radius 1 is 0.882 bits per heavy atom. The molecule has 0 aliphatic heterocycles. The van der Waals surface area contributed by atoms with Crippen molar-refractivity contribution in [3.05, 3.63) is 23.3 Å². The van der Waals surface area contributed by atoms with Gasteiger partial charge in [-0.05, 0) is 121 Å². The Morgan fingerprint density at radius 3 is 2.18 bits per heavy atom. The maximum atomic E-state index is 13.5. The zero-order valence-electron chi connectivity index (χ0n) is 23.9. The second kappa shape index (κ2) is 7.35. The number of hydrogen-bond donors (Lipinski definition) is 0. The van der Waals surface area contributed by atoms with E-state index in [9.17, 15) is 4.79 Å². The van der Waals surface area contributed by atoms with Gasteiger partial charge in [-0.1, -0.05) is 67.5 Å². The molecule has 5 aliphatic rings. The van der Waals surface area contributed by atoms with Crippen LogP contribution >= 0.6 is 0 Å². The molecule has 0 N–H and O–H groups in total. The van der Waals surface area contributed by atoms with Gasteiger partial charge in [0.15, 0.2) is 5.78 Å². The van der Waals surface area contributed by atoms with Crippen LogP contribution < -0.4 is 0 Å². The highest BCUT2D eigenvalue weighted by atomic mass is 16.1. The first-order valence-electron chi connectivity index (χ1n) is 14.6. The lowest BCUT2D eigenvalue weighted by Gasteiger charge is -2.72. The second-order valence-electron chi connectivity index (χ2n) is 15.3. The lowest BCUT2D eigenvalue weighted by molar-refractivity contribution is -0.218. The van der Waals surface area contributed by atoms with Crippen LogP contribution in [0.1, 0.15) is 120 Å². The van der Waals surface area contributed by atoms with E-state index in [1.54, 1.807) is 5.57 Å². The van der Waals surface area contributed by atoms with Crippen LogP contribution in [0.5, 0.6) is 0 Å². The van der Waals surface area contributed by atoms with Crippen molar-refractivity contribution in [2.24, 2.45) is 56.7 Å². The molecule has 34 heavy (non-hydrogen) atoms. The Morgan fingerprint density at radius 2 is 1.56 bits per heavy atom. The minimum atomic E-state index is -0.0482. The zero-order valence-corrected chi connectivity index (χ0v) is 23.9. The van der Waals surface area contributed by atoms with E-state index >= 15 is 0 Å². The first-order valence-corrected chi connectivity index (χ1v) is 14.6. The Kier molecular flexibility index (Phi) is 5.37. The van der Waals surface area contributed by atoms with Gasteiger partial charge in [-0.15, -0.1) is 0 Å². The number of carbonyl (C=O) groups excluding carboxylic acids is 1. The van der Waals surface area contributed by atoms with Crippen LogP contribution in [0, 0.1) is 56.7 Å². The van der Waals surface area contributed by atoms with Crippen molar-refractivity contribution >= 4 is 5.78 Å². The summed E-state index contributed by atoms with van der Waals surface area (Å²) in [4.78, 5) is 13.5. The van der Waals surface area contributed by atoms with E-state index in [4.69, 9.17) is 0 Å². The second-order valence-corrected chi connectivity index (χ2v) is 15.3. The lowest BCUT2D eigenvalue weighted by atomic mass is 9.32. The van der Waals surface area contributed by atoms with Crippen LogP contribution in [0.15, 0.2) is 23.3 Å². The van der Waals surface area contributed by atoms with E-state index < -0.39 is 0 Å². The summed E-state index contributed by atoms with van der Waals surface area (Å²) in [5.41, 5.74) is 5.52. The lowest BCUT2D eigenvalue weighted by Crippen LogP contribution is -2.64. The third-order valence-corrected chi connectivity index (χ3v) is 13.8. The minimum absolute atomic E-state index is 0.0482. The van der Waals surface area contributed by atoms with Gasteiger partial charge >= 0.3 is 0 Å². The molecule has 4 fully saturated rings. The highest BCUT2D eigenvalue weighted by Crippen LogP contribution is 2.77. The van der Waals surface area contributed by atoms with E-state index in [0.717, 1.165) is 24.2 Å². The van der Waals surface area contributed by atoms with Crippen molar-refractivity contribution in [2.45, 2.75) is 120 Å². The molecular weight excluding hydrogens is 412 g/mol. The normalized spacial score (nSPS) is 49.9. The van der Waals surface area contributed by atoms with E-state index in [0.29, 0.717) is 40.3 Å². The van der Waals surface area contributed by atoms with Gasteiger partial charge in [0.1, 0.15) is 0 Å². The third-order valence-electron chi connectivity index (χ3n) is 13.8. The number of fused-ring (bicyclic) bond motifs is 7. The van der Waals surface area contributed by atoms with Crippen LogP contribution in [0.25, 0.3) is 0 Å². The van der Waals surface area contributed by atoms with Crippen LogP contribution in [-0.2, 0) is 4.79 Å². The molecule has 4 saturated carbocycles. The summed E-state index contributed by atoms with van der Waals surface area (Å²) >= 11 is 0. The Hall–Kier alpha value is -0.850. The van der Waals surface area contributed by atoms with Crippen molar-refractivity contribution in [1.82, 2.24) is 0 Å². The number of ketones is 1. The van der Waals surface area contributed by atoms with Crippen LogP contribution in [0.3, 0.4) is 0 Å². The SMILES string of the molecule is C=C(C)[C@@]12CC[C@]3(C)[C@H](CC[C@H]4C3(C)CC[C@H]3C(C)(C)[C@@H](C)CC[C@@]34C)C1=C(C(C)C)C(=O)C2. The van der Waals surface area contributed by atoms with Gasteiger partial charge in [0.2, 0.25) is 0 Å². The molecule has 0 heterocycles. The standard InChI is InChI=1S/C33H52O/c1-20(2)27-24(34)19-33(21(3)4)18-17-31(9)23(28(27)33)11-12-26-30(8)15-13-22(5)29(6,7)25(30)14-16-32(26,31)10/h20,22-23,25-26H,3,11-19H2,1-2,4-10H3/t22-,23+,25-,26+,30-,31+,32?,33-/m0/s1. The number of allylic oxidation sites excluding steroid dienone is 3. The fourth-order valence-corrected chi connectivity index (χ4v) is 11.4. The minimum Gasteiger partial charge on any atom is -0.294 e. The average molecular weight is 465 g/mol. The zero-order chi connectivity index (χ0) is 25.1. The van der Waals surface area contributed by atoms with Gasteiger partial charge in [0, 0.05) is 11.8 Å². The molecule has 0 amide bonds. The van der Waals surface area contributed by atoms with Crippen molar-refractivity contribution in [3.63, 3.8) is 0 Å². The first-order chi connectivity index (χ1) is 15.7. The summed E-state index contributed by atoms with van der Waals surface area (Å²) in [5.74, 6) is 3.80. The van der Waals surface area contributed by atoms with E-state index in [2.05, 4.69) is 68.9 Å². The Balaban J connectivity index is 1.62. The van der Waals surface area contributed by atoms with Crippen molar-refractivity contribution < 1.29 is 4.79 Å². The van der Waals surface area contributed by atoms with Crippen LogP contribution in [0.2, 0.25) is 0 Å². The smallest absolute Gasteiger partial charge is 0.160 e. The molecule has 0 bridgehead atoms. The fourth-order valence-electron chi connectivity index (χ4n) is 11.4. The molecule has 8 atom stereocenters. The van der Waals surface area contributed by atoms with Crippen molar-refractivity contribution in [3.8, 4) is 0 Å². The average Bonchev–Trinajstić information content (AvgIpc) is 3.05. The van der Waals surface area contributed by atoms with Gasteiger partial charge in [0.05, 0.1) is 0 Å². The van der Waals surface area contributed by atoms with E-state index in [1.165, 1.54) is 56.1 Å². The molecule has 0 aromatic rings. The molecule has 1 unspecified atom stereocenters. The van der Waals surface area contributed by atoms with Crippen LogP contribution in [0.4, 0.5) is 0 Å².